The molecule has 0 fully saturated rings. The van der Waals surface area contributed by atoms with Crippen molar-refractivity contribution in [3.05, 3.63) is 53.6 Å². The average Bonchev–Trinajstić information content (AvgIpc) is 2.89. The van der Waals surface area contributed by atoms with Crippen LogP contribution in [-0.2, 0) is 19.7 Å². The van der Waals surface area contributed by atoms with E-state index in [1.54, 1.807) is 43.4 Å². The summed E-state index contributed by atoms with van der Waals surface area (Å²) in [5.74, 6) is -0.0595. The summed E-state index contributed by atoms with van der Waals surface area (Å²) in [6.07, 6.45) is 0. The molecule has 0 aromatic heterocycles. The lowest BCUT2D eigenvalue weighted by molar-refractivity contribution is -0.149. The van der Waals surface area contributed by atoms with Crippen LogP contribution in [0.5, 0.6) is 11.5 Å². The molecule has 0 saturated heterocycles. The van der Waals surface area contributed by atoms with Crippen molar-refractivity contribution in [2.75, 3.05) is 33.3 Å². The second kappa shape index (κ2) is 6.12. The van der Waals surface area contributed by atoms with Gasteiger partial charge >= 0.3 is 5.97 Å². The van der Waals surface area contributed by atoms with Gasteiger partial charge in [0.15, 0.2) is 16.9 Å². The highest BCUT2D eigenvalue weighted by Crippen LogP contribution is 2.47. The van der Waals surface area contributed by atoms with Crippen molar-refractivity contribution < 1.29 is 23.8 Å². The van der Waals surface area contributed by atoms with Crippen LogP contribution in [0.4, 0.5) is 5.69 Å². The van der Waals surface area contributed by atoms with Gasteiger partial charge in [0.1, 0.15) is 0 Å². The van der Waals surface area contributed by atoms with Crippen molar-refractivity contribution in [2.45, 2.75) is 5.41 Å². The molecule has 0 radical (unpaired) electrons. The summed E-state index contributed by atoms with van der Waals surface area (Å²) in [7, 11) is 5.95. The third kappa shape index (κ3) is 2.17. The Morgan fingerprint density at radius 3 is 2.32 bits per heavy atom. The molecule has 0 spiro atoms. The summed E-state index contributed by atoms with van der Waals surface area (Å²) in [4.78, 5) is 27.5. The topological polar surface area (TPSA) is 65.1 Å². The van der Waals surface area contributed by atoms with E-state index in [9.17, 15) is 9.59 Å². The molecule has 1 amide bonds. The second-order valence-corrected chi connectivity index (χ2v) is 5.69. The number of fused-ring (bicyclic) bond motifs is 1. The van der Waals surface area contributed by atoms with Gasteiger partial charge in [0, 0.05) is 18.3 Å². The molecule has 0 unspecified atom stereocenters. The number of carbonyl (C=O) groups is 2. The molecule has 3 rings (SSSR count). The second-order valence-electron chi connectivity index (χ2n) is 5.69. The van der Waals surface area contributed by atoms with E-state index in [0.717, 1.165) is 0 Å². The van der Waals surface area contributed by atoms with Crippen molar-refractivity contribution in [3.63, 3.8) is 0 Å². The number of benzene rings is 2. The minimum atomic E-state index is -1.57. The number of ether oxygens (including phenoxy) is 3. The lowest BCUT2D eigenvalue weighted by Gasteiger charge is -2.26. The maximum absolute atomic E-state index is 13.2. The first-order chi connectivity index (χ1) is 12.0. The van der Waals surface area contributed by atoms with Crippen molar-refractivity contribution in [3.8, 4) is 11.5 Å². The predicted molar refractivity (Wildman–Crippen MR) is 92.2 cm³/mol. The minimum absolute atomic E-state index is 0.368. The van der Waals surface area contributed by atoms with E-state index in [0.29, 0.717) is 28.3 Å². The SMILES string of the molecule is COC(=O)[C@]1(c2ccc(OC)c(OC)c2)C(=O)N(C)c2ccccc21. The lowest BCUT2D eigenvalue weighted by Crippen LogP contribution is -2.46. The minimum Gasteiger partial charge on any atom is -0.493 e. The van der Waals surface area contributed by atoms with E-state index in [2.05, 4.69) is 0 Å². The fraction of sp³-hybridized carbons (Fsp3) is 0.263. The molecule has 1 aliphatic rings. The van der Waals surface area contributed by atoms with Crippen LogP contribution in [0.1, 0.15) is 11.1 Å². The molecule has 1 heterocycles. The maximum atomic E-state index is 13.2. The molecule has 6 heteroatoms. The van der Waals surface area contributed by atoms with E-state index >= 15 is 0 Å². The van der Waals surface area contributed by atoms with Gasteiger partial charge in [0.25, 0.3) is 5.91 Å². The summed E-state index contributed by atoms with van der Waals surface area (Å²) in [5.41, 5.74) is 0.160. The molecule has 2 aromatic carbocycles. The molecule has 1 atom stereocenters. The fourth-order valence-electron chi connectivity index (χ4n) is 3.38. The first-order valence-electron chi connectivity index (χ1n) is 7.71. The summed E-state index contributed by atoms with van der Waals surface area (Å²) < 4.78 is 15.6. The van der Waals surface area contributed by atoms with Gasteiger partial charge in [0.05, 0.1) is 21.3 Å². The van der Waals surface area contributed by atoms with Crippen LogP contribution >= 0.6 is 0 Å². The van der Waals surface area contributed by atoms with Crippen LogP contribution in [-0.4, -0.2) is 40.3 Å². The highest BCUT2D eigenvalue weighted by molar-refractivity contribution is 6.23. The van der Waals surface area contributed by atoms with Gasteiger partial charge < -0.3 is 19.1 Å². The van der Waals surface area contributed by atoms with Gasteiger partial charge in [-0.05, 0) is 23.8 Å². The van der Waals surface area contributed by atoms with Gasteiger partial charge in [0.2, 0.25) is 0 Å². The number of hydrogen-bond acceptors (Lipinski definition) is 5. The molecule has 0 N–H and O–H groups in total. The number of hydrogen-bond donors (Lipinski definition) is 0. The number of amides is 1. The van der Waals surface area contributed by atoms with E-state index in [-0.39, 0.29) is 5.91 Å². The van der Waals surface area contributed by atoms with Gasteiger partial charge in [-0.15, -0.1) is 0 Å². The number of para-hydroxylation sites is 1. The molecular weight excluding hydrogens is 322 g/mol. The lowest BCUT2D eigenvalue weighted by atomic mass is 9.75. The van der Waals surface area contributed by atoms with Crippen LogP contribution < -0.4 is 14.4 Å². The zero-order valence-electron chi connectivity index (χ0n) is 14.5. The van der Waals surface area contributed by atoms with Crippen LogP contribution in [0, 0.1) is 0 Å². The van der Waals surface area contributed by atoms with Crippen LogP contribution in [0.15, 0.2) is 42.5 Å². The van der Waals surface area contributed by atoms with Gasteiger partial charge in [-0.1, -0.05) is 24.3 Å². The van der Waals surface area contributed by atoms with Crippen LogP contribution in [0.3, 0.4) is 0 Å². The van der Waals surface area contributed by atoms with E-state index in [1.165, 1.54) is 26.2 Å². The number of likely N-dealkylation sites (N-methyl/N-ethyl adjacent to an activating group) is 1. The molecule has 0 aliphatic carbocycles. The van der Waals surface area contributed by atoms with Gasteiger partial charge in [-0.25, -0.2) is 0 Å². The fourth-order valence-corrected chi connectivity index (χ4v) is 3.38. The molecule has 0 bridgehead atoms. The Balaban J connectivity index is 2.34. The standard InChI is InChI=1S/C19H19NO5/c1-20-14-8-6-5-7-13(14)19(17(20)21,18(22)25-4)12-9-10-15(23-2)16(11-12)24-3/h5-11H,1-4H3/t19-/m0/s1. The number of carbonyl (C=O) groups excluding carboxylic acids is 2. The number of esters is 1. The molecule has 25 heavy (non-hydrogen) atoms. The third-order valence-corrected chi connectivity index (χ3v) is 4.60. The maximum Gasteiger partial charge on any atom is 0.330 e. The zero-order valence-corrected chi connectivity index (χ0v) is 14.5. The van der Waals surface area contributed by atoms with E-state index in [1.807, 2.05) is 6.07 Å². The molecular formula is C19H19NO5. The monoisotopic (exact) mass is 341 g/mol. The van der Waals surface area contributed by atoms with Gasteiger partial charge in [-0.2, -0.15) is 0 Å². The molecule has 2 aromatic rings. The number of rotatable bonds is 4. The third-order valence-electron chi connectivity index (χ3n) is 4.60. The zero-order chi connectivity index (χ0) is 18.2. The predicted octanol–water partition coefficient (Wildman–Crippen LogP) is 2.14. The van der Waals surface area contributed by atoms with Gasteiger partial charge in [-0.3, -0.25) is 9.59 Å². The van der Waals surface area contributed by atoms with Crippen molar-refractivity contribution in [2.24, 2.45) is 0 Å². The Morgan fingerprint density at radius 2 is 1.68 bits per heavy atom. The number of anilines is 1. The Bertz CT molecular complexity index is 847. The normalized spacial score (nSPS) is 18.7. The summed E-state index contributed by atoms with van der Waals surface area (Å²) >= 11 is 0. The number of nitrogens with zero attached hydrogens (tertiary/aromatic N) is 1. The smallest absolute Gasteiger partial charge is 0.330 e. The van der Waals surface area contributed by atoms with Crippen LogP contribution in [0.2, 0.25) is 0 Å². The average molecular weight is 341 g/mol. The Morgan fingerprint density at radius 1 is 1.00 bits per heavy atom. The first-order valence-corrected chi connectivity index (χ1v) is 7.71. The summed E-state index contributed by atoms with van der Waals surface area (Å²) in [5, 5.41) is 0. The largest absolute Gasteiger partial charge is 0.493 e. The molecule has 130 valence electrons. The van der Waals surface area contributed by atoms with E-state index in [4.69, 9.17) is 14.2 Å². The van der Waals surface area contributed by atoms with Crippen molar-refractivity contribution in [1.82, 2.24) is 0 Å². The molecule has 0 saturated carbocycles. The van der Waals surface area contributed by atoms with Crippen LogP contribution in [0.25, 0.3) is 0 Å². The summed E-state index contributed by atoms with van der Waals surface area (Å²) in [6.45, 7) is 0. The quantitative estimate of drug-likeness (QED) is 0.630. The Hall–Kier alpha value is -3.02. The van der Waals surface area contributed by atoms with Crippen molar-refractivity contribution in [1.29, 1.82) is 0 Å². The Kier molecular flexibility index (Phi) is 4.12. The first kappa shape index (κ1) is 16.8. The molecule has 6 nitrogen and oxygen atoms in total. The Labute approximate surface area is 145 Å². The molecule has 1 aliphatic heterocycles. The van der Waals surface area contributed by atoms with E-state index < -0.39 is 11.4 Å². The summed E-state index contributed by atoms with van der Waals surface area (Å²) in [6, 6.07) is 12.2. The highest BCUT2D eigenvalue weighted by atomic mass is 16.5. The number of methoxy groups -OCH3 is 3. The van der Waals surface area contributed by atoms with Crippen molar-refractivity contribution >= 4 is 17.6 Å². The highest BCUT2D eigenvalue weighted by Gasteiger charge is 2.58.